The monoisotopic (exact) mass is 285 g/mol. The molecule has 1 aromatic heterocycles. The number of anilines is 1. The number of H-pyrrole nitrogens is 1. The topological polar surface area (TPSA) is 88.0 Å². The molecule has 0 amide bonds. The molecule has 2 aromatic rings. The van der Waals surface area contributed by atoms with Crippen molar-refractivity contribution in [3.8, 4) is 0 Å². The minimum Gasteiger partial charge on any atom is -0.399 e. The molecule has 1 aromatic carbocycles. The summed E-state index contributed by atoms with van der Waals surface area (Å²) in [5, 5.41) is 0.764. The minimum absolute atomic E-state index is 0.0150. The highest BCUT2D eigenvalue weighted by Gasteiger charge is 2.18. The highest BCUT2D eigenvalue weighted by atomic mass is 35.5. The van der Waals surface area contributed by atoms with Crippen LogP contribution in [0.3, 0.4) is 0 Å². The number of nitrogens with one attached hydrogen (secondary N) is 2. The first-order valence-electron chi connectivity index (χ1n) is 5.10. The van der Waals surface area contributed by atoms with Crippen molar-refractivity contribution in [3.63, 3.8) is 0 Å². The van der Waals surface area contributed by atoms with Crippen LogP contribution in [0.2, 0.25) is 0 Å². The Bertz CT molecular complexity index is 706. The van der Waals surface area contributed by atoms with E-state index < -0.39 is 10.0 Å². The van der Waals surface area contributed by atoms with Gasteiger partial charge in [0.05, 0.1) is 0 Å². The highest BCUT2D eigenvalue weighted by Crippen LogP contribution is 2.24. The Balaban J connectivity index is 2.47. The van der Waals surface area contributed by atoms with Crippen molar-refractivity contribution in [2.24, 2.45) is 0 Å². The molecule has 0 radical (unpaired) electrons. The van der Waals surface area contributed by atoms with E-state index in [1.54, 1.807) is 18.2 Å². The Morgan fingerprint density at radius 2 is 2.22 bits per heavy atom. The molecule has 4 N–H and O–H groups in total. The lowest BCUT2D eigenvalue weighted by Gasteiger charge is -2.04. The Morgan fingerprint density at radius 3 is 2.89 bits per heavy atom. The standard InChI is InChI=1S/C11H12ClN3O2S/c1-7(12)5-15-18(16,17)11-6-14-10-3-2-8(13)4-9(10)11/h2-4,6,14-15H,1,5,13H2. The molecule has 5 nitrogen and oxygen atoms in total. The van der Waals surface area contributed by atoms with Crippen LogP contribution in [0.1, 0.15) is 0 Å². The number of hydrogen-bond donors (Lipinski definition) is 3. The van der Waals surface area contributed by atoms with E-state index in [1.165, 1.54) is 6.20 Å². The summed E-state index contributed by atoms with van der Waals surface area (Å²) < 4.78 is 26.5. The predicted molar refractivity (Wildman–Crippen MR) is 72.9 cm³/mol. The Labute approximate surface area is 110 Å². The molecule has 0 fully saturated rings. The molecule has 0 unspecified atom stereocenters. The largest absolute Gasteiger partial charge is 0.399 e. The van der Waals surface area contributed by atoms with Gasteiger partial charge in [0.15, 0.2) is 0 Å². The smallest absolute Gasteiger partial charge is 0.243 e. The van der Waals surface area contributed by atoms with Gasteiger partial charge < -0.3 is 10.7 Å². The van der Waals surface area contributed by atoms with Gasteiger partial charge in [-0.2, -0.15) is 0 Å². The van der Waals surface area contributed by atoms with Gasteiger partial charge in [0.25, 0.3) is 0 Å². The molecule has 0 spiro atoms. The number of fused-ring (bicyclic) bond motifs is 1. The fraction of sp³-hybridized carbons (Fsp3) is 0.0909. The highest BCUT2D eigenvalue weighted by molar-refractivity contribution is 7.89. The van der Waals surface area contributed by atoms with Gasteiger partial charge in [0.1, 0.15) is 4.90 Å². The van der Waals surface area contributed by atoms with Crippen molar-refractivity contribution in [3.05, 3.63) is 36.0 Å². The molecule has 0 aliphatic heterocycles. The molecule has 2 rings (SSSR count). The van der Waals surface area contributed by atoms with Crippen molar-refractivity contribution in [1.29, 1.82) is 0 Å². The van der Waals surface area contributed by atoms with E-state index >= 15 is 0 Å². The predicted octanol–water partition coefficient (Wildman–Crippen LogP) is 1.78. The third-order valence-electron chi connectivity index (χ3n) is 2.41. The average molecular weight is 286 g/mol. The Kier molecular flexibility index (Phi) is 3.34. The third-order valence-corrected chi connectivity index (χ3v) is 3.99. The first kappa shape index (κ1) is 12.9. The second kappa shape index (κ2) is 4.64. The molecule has 0 saturated carbocycles. The summed E-state index contributed by atoms with van der Waals surface area (Å²) in [6, 6.07) is 5.03. The van der Waals surface area contributed by atoms with Gasteiger partial charge >= 0.3 is 0 Å². The lowest BCUT2D eigenvalue weighted by molar-refractivity contribution is 0.586. The lowest BCUT2D eigenvalue weighted by atomic mass is 10.2. The normalized spacial score (nSPS) is 11.8. The number of benzene rings is 1. The van der Waals surface area contributed by atoms with Gasteiger partial charge in [-0.15, -0.1) is 0 Å². The number of sulfonamides is 1. The number of halogens is 1. The third kappa shape index (κ3) is 2.50. The summed E-state index contributed by atoms with van der Waals surface area (Å²) in [6.45, 7) is 3.41. The van der Waals surface area contributed by atoms with Gasteiger partial charge in [-0.25, -0.2) is 13.1 Å². The van der Waals surface area contributed by atoms with Gasteiger partial charge in [-0.1, -0.05) is 18.2 Å². The van der Waals surface area contributed by atoms with E-state index in [4.69, 9.17) is 17.3 Å². The zero-order valence-electron chi connectivity index (χ0n) is 9.40. The first-order chi connectivity index (χ1) is 8.40. The van der Waals surface area contributed by atoms with Crippen LogP contribution in [0.15, 0.2) is 40.9 Å². The van der Waals surface area contributed by atoms with Crippen LogP contribution in [0, 0.1) is 0 Å². The van der Waals surface area contributed by atoms with Crippen LogP contribution in [-0.4, -0.2) is 19.9 Å². The summed E-state index contributed by atoms with van der Waals surface area (Å²) >= 11 is 5.54. The molecule has 7 heteroatoms. The molecule has 0 aliphatic carbocycles. The van der Waals surface area contributed by atoms with Gasteiger partial charge in [0.2, 0.25) is 10.0 Å². The maximum atomic E-state index is 12.1. The van der Waals surface area contributed by atoms with Crippen molar-refractivity contribution >= 4 is 38.2 Å². The first-order valence-corrected chi connectivity index (χ1v) is 6.96. The minimum atomic E-state index is -3.64. The van der Waals surface area contributed by atoms with E-state index in [9.17, 15) is 8.42 Å². The summed E-state index contributed by atoms with van der Waals surface area (Å²) in [4.78, 5) is 3.02. The van der Waals surface area contributed by atoms with E-state index in [1.807, 2.05) is 0 Å². The van der Waals surface area contributed by atoms with E-state index in [0.717, 1.165) is 0 Å². The maximum absolute atomic E-state index is 12.1. The number of aromatic amines is 1. The van der Waals surface area contributed by atoms with E-state index in [2.05, 4.69) is 16.3 Å². The summed E-state index contributed by atoms with van der Waals surface area (Å²) in [7, 11) is -3.64. The molecule has 1 heterocycles. The maximum Gasteiger partial charge on any atom is 0.243 e. The van der Waals surface area contributed by atoms with Crippen molar-refractivity contribution < 1.29 is 8.42 Å². The van der Waals surface area contributed by atoms with Crippen LogP contribution in [-0.2, 0) is 10.0 Å². The fourth-order valence-corrected chi connectivity index (χ4v) is 2.92. The average Bonchev–Trinajstić information content (AvgIpc) is 2.70. The van der Waals surface area contributed by atoms with E-state index in [-0.39, 0.29) is 16.5 Å². The SMILES string of the molecule is C=C(Cl)CNS(=O)(=O)c1c[nH]c2ccc(N)cc12. The van der Waals surface area contributed by atoms with Crippen molar-refractivity contribution in [1.82, 2.24) is 9.71 Å². The van der Waals surface area contributed by atoms with E-state index in [0.29, 0.717) is 16.6 Å². The van der Waals surface area contributed by atoms with Gasteiger partial charge in [-0.05, 0) is 18.2 Å². The second-order valence-electron chi connectivity index (χ2n) is 3.80. The molecule has 0 saturated heterocycles. The molecule has 96 valence electrons. The van der Waals surface area contributed by atoms with Crippen LogP contribution in [0.25, 0.3) is 10.9 Å². The van der Waals surface area contributed by atoms with Crippen LogP contribution in [0.4, 0.5) is 5.69 Å². The number of nitrogen functional groups attached to an aromatic ring is 1. The summed E-state index contributed by atoms with van der Waals surface area (Å²) in [6.07, 6.45) is 1.42. The zero-order chi connectivity index (χ0) is 13.3. The second-order valence-corrected chi connectivity index (χ2v) is 6.07. The molecule has 0 aliphatic rings. The summed E-state index contributed by atoms with van der Waals surface area (Å²) in [5.74, 6) is 0. The fourth-order valence-electron chi connectivity index (χ4n) is 1.59. The quantitative estimate of drug-likeness (QED) is 0.748. The van der Waals surface area contributed by atoms with Crippen molar-refractivity contribution in [2.75, 3.05) is 12.3 Å². The lowest BCUT2D eigenvalue weighted by Crippen LogP contribution is -2.24. The van der Waals surface area contributed by atoms with Crippen LogP contribution < -0.4 is 10.5 Å². The Hall–Kier alpha value is -1.50. The summed E-state index contributed by atoms with van der Waals surface area (Å²) in [5.41, 5.74) is 6.86. The van der Waals surface area contributed by atoms with Crippen molar-refractivity contribution in [2.45, 2.75) is 4.90 Å². The van der Waals surface area contributed by atoms with Gasteiger partial charge in [0, 0.05) is 34.4 Å². The molecule has 0 bridgehead atoms. The van der Waals surface area contributed by atoms with Crippen LogP contribution >= 0.6 is 11.6 Å². The number of rotatable bonds is 4. The molecule has 0 atom stereocenters. The van der Waals surface area contributed by atoms with Crippen LogP contribution in [0.5, 0.6) is 0 Å². The zero-order valence-corrected chi connectivity index (χ0v) is 11.0. The number of nitrogens with two attached hydrogens (primary N) is 1. The Morgan fingerprint density at radius 1 is 1.50 bits per heavy atom. The number of aromatic nitrogens is 1. The molecular weight excluding hydrogens is 274 g/mol. The molecular formula is C11H12ClN3O2S. The molecule has 18 heavy (non-hydrogen) atoms. The van der Waals surface area contributed by atoms with Gasteiger partial charge in [-0.3, -0.25) is 0 Å². The number of hydrogen-bond acceptors (Lipinski definition) is 3.